The van der Waals surface area contributed by atoms with E-state index in [-0.39, 0.29) is 18.4 Å². The van der Waals surface area contributed by atoms with Gasteiger partial charge in [0, 0.05) is 50.1 Å². The van der Waals surface area contributed by atoms with Crippen LogP contribution in [0, 0.1) is 0 Å². The predicted molar refractivity (Wildman–Crippen MR) is 133 cm³/mol. The summed E-state index contributed by atoms with van der Waals surface area (Å²) in [5, 5.41) is 6.87. The van der Waals surface area contributed by atoms with E-state index in [4.69, 9.17) is 4.52 Å². The SMILES string of the molecule is CC(C)N1CCCN([C@H]2CCCC(F)(F)[C@@H]2NC(=O)N2CCC(C)(c3noc([C@@H]4C[C@@H]4F)n3)CC2)CC1. The van der Waals surface area contributed by atoms with Crippen LogP contribution >= 0.6 is 0 Å². The highest BCUT2D eigenvalue weighted by Crippen LogP contribution is 2.44. The first kappa shape index (κ1) is 26.7. The smallest absolute Gasteiger partial charge is 0.317 e. The van der Waals surface area contributed by atoms with E-state index >= 15 is 8.78 Å². The van der Waals surface area contributed by atoms with Crippen LogP contribution in [0.4, 0.5) is 18.0 Å². The number of nitrogens with zero attached hydrogens (tertiary/aromatic N) is 5. The summed E-state index contributed by atoms with van der Waals surface area (Å²) < 4.78 is 49.1. The van der Waals surface area contributed by atoms with Crippen LogP contribution in [-0.2, 0) is 5.41 Å². The number of hydrogen-bond donors (Lipinski definition) is 1. The quantitative estimate of drug-likeness (QED) is 0.627. The third kappa shape index (κ3) is 5.62. The summed E-state index contributed by atoms with van der Waals surface area (Å²) in [6.07, 6.45) is 2.57. The van der Waals surface area contributed by atoms with Crippen molar-refractivity contribution < 1.29 is 22.5 Å². The zero-order chi connectivity index (χ0) is 26.4. The predicted octanol–water partition coefficient (Wildman–Crippen LogP) is 3.93. The Hall–Kier alpha value is -1.88. The lowest BCUT2D eigenvalue weighted by Crippen LogP contribution is -2.64. The second-order valence-corrected chi connectivity index (χ2v) is 12.0. The second kappa shape index (κ2) is 10.4. The average Bonchev–Trinajstić information content (AvgIpc) is 3.46. The van der Waals surface area contributed by atoms with Crippen LogP contribution < -0.4 is 5.32 Å². The number of hydrogen-bond acceptors (Lipinski definition) is 6. The van der Waals surface area contributed by atoms with E-state index in [2.05, 4.69) is 39.1 Å². The zero-order valence-corrected chi connectivity index (χ0v) is 22.3. The van der Waals surface area contributed by atoms with Gasteiger partial charge in [0.05, 0.1) is 5.92 Å². The fraction of sp³-hybridized carbons (Fsp3) is 0.885. The van der Waals surface area contributed by atoms with Crippen molar-refractivity contribution in [3.63, 3.8) is 0 Å². The highest BCUT2D eigenvalue weighted by molar-refractivity contribution is 5.75. The van der Waals surface area contributed by atoms with Crippen molar-refractivity contribution in [2.24, 2.45) is 0 Å². The largest absolute Gasteiger partial charge is 0.339 e. The average molecular weight is 527 g/mol. The van der Waals surface area contributed by atoms with Gasteiger partial charge in [-0.15, -0.1) is 0 Å². The number of aromatic nitrogens is 2. The Morgan fingerprint density at radius 2 is 1.81 bits per heavy atom. The minimum absolute atomic E-state index is 0.195. The maximum atomic E-state index is 15.2. The monoisotopic (exact) mass is 526 g/mol. The molecular weight excluding hydrogens is 485 g/mol. The Balaban J connectivity index is 1.21. The van der Waals surface area contributed by atoms with Gasteiger partial charge in [-0.3, -0.25) is 9.80 Å². The molecule has 1 aromatic rings. The Morgan fingerprint density at radius 1 is 1.08 bits per heavy atom. The molecule has 37 heavy (non-hydrogen) atoms. The lowest BCUT2D eigenvalue weighted by atomic mass is 9.79. The Kier molecular flexibility index (Phi) is 7.48. The molecule has 4 aliphatic rings. The minimum atomic E-state index is -2.94. The summed E-state index contributed by atoms with van der Waals surface area (Å²) in [4.78, 5) is 23.9. The van der Waals surface area contributed by atoms with E-state index in [1.807, 2.05) is 6.92 Å². The van der Waals surface area contributed by atoms with Crippen LogP contribution in [-0.4, -0.2) is 100 Å². The molecule has 208 valence electrons. The van der Waals surface area contributed by atoms with Gasteiger partial charge in [-0.2, -0.15) is 4.98 Å². The lowest BCUT2D eigenvalue weighted by Gasteiger charge is -2.45. The normalized spacial score (nSPS) is 32.8. The number of carbonyl (C=O) groups is 1. The van der Waals surface area contributed by atoms with E-state index in [9.17, 15) is 9.18 Å². The molecule has 2 amide bonds. The molecule has 4 fully saturated rings. The van der Waals surface area contributed by atoms with Crippen LogP contribution in [0.25, 0.3) is 0 Å². The number of nitrogens with one attached hydrogen (secondary N) is 1. The molecule has 0 aromatic carbocycles. The molecule has 2 saturated carbocycles. The third-order valence-electron chi connectivity index (χ3n) is 9.06. The van der Waals surface area contributed by atoms with E-state index < -0.39 is 29.6 Å². The van der Waals surface area contributed by atoms with Gasteiger partial charge in [-0.05, 0) is 65.5 Å². The molecule has 1 N–H and O–H groups in total. The van der Waals surface area contributed by atoms with Gasteiger partial charge in [-0.1, -0.05) is 12.1 Å². The van der Waals surface area contributed by atoms with Crippen molar-refractivity contribution in [3.05, 3.63) is 11.7 Å². The fourth-order valence-electron chi connectivity index (χ4n) is 6.25. The van der Waals surface area contributed by atoms with Gasteiger partial charge in [0.15, 0.2) is 5.82 Å². The second-order valence-electron chi connectivity index (χ2n) is 12.0. The zero-order valence-electron chi connectivity index (χ0n) is 22.3. The van der Waals surface area contributed by atoms with E-state index in [0.29, 0.717) is 63.0 Å². The number of rotatable bonds is 5. The van der Waals surface area contributed by atoms with Gasteiger partial charge < -0.3 is 14.7 Å². The molecule has 2 aliphatic carbocycles. The molecule has 0 unspecified atom stereocenters. The summed E-state index contributed by atoms with van der Waals surface area (Å²) >= 11 is 0. The third-order valence-corrected chi connectivity index (χ3v) is 9.06. The lowest BCUT2D eigenvalue weighted by molar-refractivity contribution is -0.0916. The summed E-state index contributed by atoms with van der Waals surface area (Å²) in [5.41, 5.74) is -0.398. The number of urea groups is 1. The summed E-state index contributed by atoms with van der Waals surface area (Å²) in [6.45, 7) is 10.5. The molecule has 0 bridgehead atoms. The first-order chi connectivity index (χ1) is 17.6. The standard InChI is InChI=1S/C26H41F3N6O2/c1-17(2)33-10-5-11-34(15-14-33)20-6-4-7-26(28,29)21(20)30-24(36)35-12-8-25(3,9-13-35)23-31-22(37-32-23)18-16-19(18)27/h17-21H,4-16H2,1-3H3,(H,30,36)/t18-,19+,20+,21-/m1/s1. The summed E-state index contributed by atoms with van der Waals surface area (Å²) in [6, 6.07) is -1.56. The van der Waals surface area contributed by atoms with Crippen LogP contribution in [0.2, 0.25) is 0 Å². The molecule has 5 rings (SSSR count). The van der Waals surface area contributed by atoms with Gasteiger partial charge >= 0.3 is 6.03 Å². The molecule has 0 spiro atoms. The maximum absolute atomic E-state index is 15.2. The highest BCUT2D eigenvalue weighted by atomic mass is 19.3. The first-order valence-corrected chi connectivity index (χ1v) is 14.0. The van der Waals surface area contributed by atoms with Crippen LogP contribution in [0.3, 0.4) is 0 Å². The molecule has 1 aromatic heterocycles. The Labute approximate surface area is 217 Å². The molecular formula is C26H41F3N6O2. The van der Waals surface area contributed by atoms with E-state index in [1.54, 1.807) is 4.90 Å². The topological polar surface area (TPSA) is 77.7 Å². The van der Waals surface area contributed by atoms with Crippen molar-refractivity contribution in [2.45, 2.75) is 107 Å². The highest BCUT2D eigenvalue weighted by Gasteiger charge is 2.50. The summed E-state index contributed by atoms with van der Waals surface area (Å²) in [7, 11) is 0. The van der Waals surface area contributed by atoms with Crippen molar-refractivity contribution in [1.29, 1.82) is 0 Å². The van der Waals surface area contributed by atoms with Crippen LogP contribution in [0.1, 0.15) is 83.3 Å². The molecule has 2 saturated heterocycles. The molecule has 0 radical (unpaired) electrons. The van der Waals surface area contributed by atoms with E-state index in [1.165, 1.54) is 0 Å². The van der Waals surface area contributed by atoms with Crippen molar-refractivity contribution >= 4 is 6.03 Å². The number of halogens is 3. The maximum Gasteiger partial charge on any atom is 0.317 e. The minimum Gasteiger partial charge on any atom is -0.339 e. The molecule has 4 atom stereocenters. The molecule has 11 heteroatoms. The number of alkyl halides is 3. The molecule has 3 heterocycles. The van der Waals surface area contributed by atoms with Crippen LogP contribution in [0.15, 0.2) is 4.52 Å². The number of likely N-dealkylation sites (tertiary alicyclic amines) is 1. The van der Waals surface area contributed by atoms with Crippen molar-refractivity contribution in [1.82, 2.24) is 30.2 Å². The Bertz CT molecular complexity index is 950. The number of carbonyl (C=O) groups excluding carboxylic acids is 1. The molecule has 2 aliphatic heterocycles. The first-order valence-electron chi connectivity index (χ1n) is 14.0. The van der Waals surface area contributed by atoms with Gasteiger partial charge in [0.1, 0.15) is 12.2 Å². The van der Waals surface area contributed by atoms with Crippen LogP contribution in [0.5, 0.6) is 0 Å². The Morgan fingerprint density at radius 3 is 2.49 bits per heavy atom. The number of piperidine rings is 1. The van der Waals surface area contributed by atoms with Gasteiger partial charge in [0.25, 0.3) is 5.92 Å². The van der Waals surface area contributed by atoms with Crippen molar-refractivity contribution in [2.75, 3.05) is 39.3 Å². The van der Waals surface area contributed by atoms with E-state index in [0.717, 1.165) is 32.6 Å². The summed E-state index contributed by atoms with van der Waals surface area (Å²) in [5.74, 6) is -2.35. The van der Waals surface area contributed by atoms with Gasteiger partial charge in [-0.25, -0.2) is 18.0 Å². The number of amides is 2. The fourth-order valence-corrected chi connectivity index (χ4v) is 6.25. The van der Waals surface area contributed by atoms with Crippen molar-refractivity contribution in [3.8, 4) is 0 Å². The molecule has 8 nitrogen and oxygen atoms in total. The van der Waals surface area contributed by atoms with Gasteiger partial charge in [0.2, 0.25) is 5.89 Å².